The Kier molecular flexibility index (Phi) is 7.20. The third-order valence-electron chi connectivity index (χ3n) is 4.22. The molecule has 0 bridgehead atoms. The standard InChI is InChI=1S/C23H24BrNO3/c1-3-27-22-13-18(15-25-19-9-11-20(26-2)12-10-19)21(24)14-23(22)28-16-17-7-5-4-6-8-17/h4-14,25H,3,15-16H2,1-2H3. The Bertz CT molecular complexity index is 882. The number of hydrogen-bond donors (Lipinski definition) is 1. The molecule has 3 rings (SSSR count). The van der Waals surface area contributed by atoms with E-state index < -0.39 is 0 Å². The Morgan fingerprint density at radius 2 is 1.61 bits per heavy atom. The Morgan fingerprint density at radius 3 is 2.29 bits per heavy atom. The maximum absolute atomic E-state index is 6.01. The van der Waals surface area contributed by atoms with E-state index in [4.69, 9.17) is 14.2 Å². The number of rotatable bonds is 9. The zero-order valence-electron chi connectivity index (χ0n) is 16.1. The van der Waals surface area contributed by atoms with E-state index in [1.165, 1.54) is 0 Å². The smallest absolute Gasteiger partial charge is 0.162 e. The predicted octanol–water partition coefficient (Wildman–Crippen LogP) is 6.05. The molecule has 5 heteroatoms. The molecule has 0 amide bonds. The predicted molar refractivity (Wildman–Crippen MR) is 116 cm³/mol. The molecule has 0 aromatic heterocycles. The average molecular weight is 442 g/mol. The Labute approximate surface area is 174 Å². The summed E-state index contributed by atoms with van der Waals surface area (Å²) in [7, 11) is 1.66. The van der Waals surface area contributed by atoms with Crippen LogP contribution in [-0.2, 0) is 13.2 Å². The molecule has 0 aliphatic rings. The molecule has 0 saturated carbocycles. The third kappa shape index (κ3) is 5.42. The van der Waals surface area contributed by atoms with Gasteiger partial charge in [-0.05, 0) is 54.4 Å². The second-order valence-electron chi connectivity index (χ2n) is 6.18. The first-order valence-electron chi connectivity index (χ1n) is 9.19. The first-order valence-corrected chi connectivity index (χ1v) is 9.98. The molecule has 0 fully saturated rings. The van der Waals surface area contributed by atoms with Crippen molar-refractivity contribution in [3.8, 4) is 17.2 Å². The number of anilines is 1. The van der Waals surface area contributed by atoms with E-state index in [1.807, 2.05) is 73.7 Å². The van der Waals surface area contributed by atoms with Crippen LogP contribution in [0.25, 0.3) is 0 Å². The van der Waals surface area contributed by atoms with Crippen molar-refractivity contribution in [2.24, 2.45) is 0 Å². The monoisotopic (exact) mass is 441 g/mol. The number of nitrogens with one attached hydrogen (secondary N) is 1. The molecule has 146 valence electrons. The third-order valence-corrected chi connectivity index (χ3v) is 4.96. The van der Waals surface area contributed by atoms with Crippen molar-refractivity contribution in [2.45, 2.75) is 20.1 Å². The summed E-state index contributed by atoms with van der Waals surface area (Å²) in [6.07, 6.45) is 0. The van der Waals surface area contributed by atoms with E-state index in [2.05, 4.69) is 21.2 Å². The zero-order valence-corrected chi connectivity index (χ0v) is 17.7. The van der Waals surface area contributed by atoms with Crippen molar-refractivity contribution < 1.29 is 14.2 Å². The zero-order chi connectivity index (χ0) is 19.8. The van der Waals surface area contributed by atoms with Crippen molar-refractivity contribution in [1.82, 2.24) is 0 Å². The second kappa shape index (κ2) is 10.0. The molecule has 0 aliphatic heterocycles. The summed E-state index contributed by atoms with van der Waals surface area (Å²) in [6, 6.07) is 21.9. The van der Waals surface area contributed by atoms with Gasteiger partial charge < -0.3 is 19.5 Å². The quantitative estimate of drug-likeness (QED) is 0.438. The van der Waals surface area contributed by atoms with Crippen LogP contribution in [0.4, 0.5) is 5.69 Å². The van der Waals surface area contributed by atoms with Crippen LogP contribution in [0.1, 0.15) is 18.1 Å². The van der Waals surface area contributed by atoms with Gasteiger partial charge >= 0.3 is 0 Å². The number of hydrogen-bond acceptors (Lipinski definition) is 4. The first kappa shape index (κ1) is 20.1. The minimum absolute atomic E-state index is 0.497. The maximum Gasteiger partial charge on any atom is 0.162 e. The van der Waals surface area contributed by atoms with Gasteiger partial charge in [-0.2, -0.15) is 0 Å². The topological polar surface area (TPSA) is 39.7 Å². The molecule has 0 spiro atoms. The van der Waals surface area contributed by atoms with Gasteiger partial charge in [-0.15, -0.1) is 0 Å². The number of benzene rings is 3. The van der Waals surface area contributed by atoms with Crippen LogP contribution >= 0.6 is 15.9 Å². The molecule has 0 aliphatic carbocycles. The number of ether oxygens (including phenoxy) is 3. The molecule has 0 saturated heterocycles. The van der Waals surface area contributed by atoms with Crippen LogP contribution in [0.2, 0.25) is 0 Å². The molecular formula is C23H24BrNO3. The molecule has 0 unspecified atom stereocenters. The van der Waals surface area contributed by atoms with Crippen LogP contribution in [-0.4, -0.2) is 13.7 Å². The van der Waals surface area contributed by atoms with E-state index >= 15 is 0 Å². The molecular weight excluding hydrogens is 418 g/mol. The van der Waals surface area contributed by atoms with Gasteiger partial charge in [-0.1, -0.05) is 46.3 Å². The van der Waals surface area contributed by atoms with Crippen molar-refractivity contribution in [3.05, 3.63) is 82.3 Å². The van der Waals surface area contributed by atoms with E-state index in [9.17, 15) is 0 Å². The van der Waals surface area contributed by atoms with Crippen LogP contribution in [0.5, 0.6) is 17.2 Å². The van der Waals surface area contributed by atoms with E-state index in [1.54, 1.807) is 7.11 Å². The van der Waals surface area contributed by atoms with Gasteiger partial charge in [0, 0.05) is 16.7 Å². The minimum Gasteiger partial charge on any atom is -0.497 e. The highest BCUT2D eigenvalue weighted by atomic mass is 79.9. The van der Waals surface area contributed by atoms with Crippen LogP contribution in [0.3, 0.4) is 0 Å². The van der Waals surface area contributed by atoms with Gasteiger partial charge in [-0.3, -0.25) is 0 Å². The number of methoxy groups -OCH3 is 1. The first-order chi connectivity index (χ1) is 13.7. The van der Waals surface area contributed by atoms with Crippen LogP contribution < -0.4 is 19.5 Å². The highest BCUT2D eigenvalue weighted by Crippen LogP contribution is 2.35. The molecule has 1 N–H and O–H groups in total. The summed E-state index contributed by atoms with van der Waals surface area (Å²) < 4.78 is 18.0. The highest BCUT2D eigenvalue weighted by Gasteiger charge is 2.11. The summed E-state index contributed by atoms with van der Waals surface area (Å²) in [5, 5.41) is 3.42. The Balaban J connectivity index is 1.71. The van der Waals surface area contributed by atoms with Gasteiger partial charge in [0.1, 0.15) is 12.4 Å². The molecule has 0 heterocycles. The normalized spacial score (nSPS) is 10.4. The lowest BCUT2D eigenvalue weighted by Gasteiger charge is -2.16. The van der Waals surface area contributed by atoms with Gasteiger partial charge in [0.25, 0.3) is 0 Å². The van der Waals surface area contributed by atoms with Gasteiger partial charge in [0.2, 0.25) is 0 Å². The lowest BCUT2D eigenvalue weighted by atomic mass is 10.2. The van der Waals surface area contributed by atoms with Crippen molar-refractivity contribution >= 4 is 21.6 Å². The molecule has 3 aromatic rings. The second-order valence-corrected chi connectivity index (χ2v) is 7.03. The SMILES string of the molecule is CCOc1cc(CNc2ccc(OC)cc2)c(Br)cc1OCc1ccccc1. The Morgan fingerprint density at radius 1 is 0.893 bits per heavy atom. The fourth-order valence-electron chi connectivity index (χ4n) is 2.74. The summed E-state index contributed by atoms with van der Waals surface area (Å²) in [5.74, 6) is 2.31. The van der Waals surface area contributed by atoms with Gasteiger partial charge in [0.15, 0.2) is 11.5 Å². The lowest BCUT2D eigenvalue weighted by Crippen LogP contribution is -2.04. The van der Waals surface area contributed by atoms with Crippen molar-refractivity contribution in [1.29, 1.82) is 0 Å². The van der Waals surface area contributed by atoms with Crippen LogP contribution in [0.15, 0.2) is 71.2 Å². The lowest BCUT2D eigenvalue weighted by molar-refractivity contribution is 0.269. The highest BCUT2D eigenvalue weighted by molar-refractivity contribution is 9.10. The van der Waals surface area contributed by atoms with Crippen molar-refractivity contribution in [2.75, 3.05) is 19.0 Å². The fraction of sp³-hybridized carbons (Fsp3) is 0.217. The van der Waals surface area contributed by atoms with E-state index in [-0.39, 0.29) is 0 Å². The Hall–Kier alpha value is -2.66. The minimum atomic E-state index is 0.497. The molecule has 0 atom stereocenters. The molecule has 4 nitrogen and oxygen atoms in total. The molecule has 0 radical (unpaired) electrons. The summed E-state index contributed by atoms with van der Waals surface area (Å²) >= 11 is 3.66. The average Bonchev–Trinajstić information content (AvgIpc) is 2.74. The number of halogens is 1. The van der Waals surface area contributed by atoms with Gasteiger partial charge in [-0.25, -0.2) is 0 Å². The van der Waals surface area contributed by atoms with E-state index in [0.29, 0.717) is 19.8 Å². The van der Waals surface area contributed by atoms with Crippen molar-refractivity contribution in [3.63, 3.8) is 0 Å². The van der Waals surface area contributed by atoms with E-state index in [0.717, 1.165) is 38.5 Å². The maximum atomic E-state index is 6.01. The summed E-state index contributed by atoms with van der Waals surface area (Å²) in [5.41, 5.74) is 3.23. The summed E-state index contributed by atoms with van der Waals surface area (Å²) in [4.78, 5) is 0. The largest absolute Gasteiger partial charge is 0.497 e. The van der Waals surface area contributed by atoms with Crippen LogP contribution in [0, 0.1) is 0 Å². The van der Waals surface area contributed by atoms with Gasteiger partial charge in [0.05, 0.1) is 13.7 Å². The molecule has 3 aromatic carbocycles. The molecule has 28 heavy (non-hydrogen) atoms. The summed E-state index contributed by atoms with van der Waals surface area (Å²) in [6.45, 7) is 3.70. The fourth-order valence-corrected chi connectivity index (χ4v) is 3.20.